The molecule has 5 nitrogen and oxygen atoms in total. The number of carbonyl (C=O) groups excluding carboxylic acids is 2. The first kappa shape index (κ1) is 14.8. The second-order valence-electron chi connectivity index (χ2n) is 4.76. The molecule has 0 saturated carbocycles. The Hall–Kier alpha value is -1.59. The van der Waals surface area contributed by atoms with E-state index in [9.17, 15) is 9.59 Å². The average molecular weight is 296 g/mol. The fraction of sp³-hybridized carbons (Fsp3) is 0.429. The fourth-order valence-corrected chi connectivity index (χ4v) is 2.31. The van der Waals surface area contributed by atoms with Crippen LogP contribution in [0.15, 0.2) is 24.3 Å². The monoisotopic (exact) mass is 295 g/mol. The van der Waals surface area contributed by atoms with Gasteiger partial charge in [0.1, 0.15) is 0 Å². The summed E-state index contributed by atoms with van der Waals surface area (Å²) in [5, 5.41) is 3.35. The van der Waals surface area contributed by atoms with Crippen molar-refractivity contribution in [2.24, 2.45) is 0 Å². The summed E-state index contributed by atoms with van der Waals surface area (Å²) in [5.74, 6) is -0.0454. The topological polar surface area (TPSA) is 52.7 Å². The van der Waals surface area contributed by atoms with Gasteiger partial charge in [-0.2, -0.15) is 0 Å². The lowest BCUT2D eigenvalue weighted by atomic mass is 10.2. The number of hydrogen-bond acceptors (Lipinski definition) is 3. The van der Waals surface area contributed by atoms with Gasteiger partial charge in [-0.25, -0.2) is 0 Å². The number of halogens is 1. The van der Waals surface area contributed by atoms with Gasteiger partial charge in [0.2, 0.25) is 12.3 Å². The van der Waals surface area contributed by atoms with Crippen LogP contribution in [0.4, 0.5) is 5.69 Å². The lowest BCUT2D eigenvalue weighted by Crippen LogP contribution is -2.46. The van der Waals surface area contributed by atoms with Crippen molar-refractivity contribution in [3.05, 3.63) is 29.3 Å². The van der Waals surface area contributed by atoms with Crippen molar-refractivity contribution in [3.8, 4) is 0 Å². The molecule has 1 aromatic rings. The van der Waals surface area contributed by atoms with Crippen molar-refractivity contribution in [1.29, 1.82) is 0 Å². The van der Waals surface area contributed by atoms with Gasteiger partial charge in [-0.05, 0) is 12.1 Å². The summed E-state index contributed by atoms with van der Waals surface area (Å²) in [6.07, 6.45) is 1.30. The molecule has 1 aliphatic heterocycles. The molecular formula is C14H18ClN3O2. The largest absolute Gasteiger partial charge is 0.343 e. The van der Waals surface area contributed by atoms with Gasteiger partial charge in [0, 0.05) is 39.1 Å². The second-order valence-corrected chi connectivity index (χ2v) is 5.17. The van der Waals surface area contributed by atoms with Crippen molar-refractivity contribution >= 4 is 29.6 Å². The first-order chi connectivity index (χ1) is 9.69. The zero-order valence-corrected chi connectivity index (χ0v) is 12.0. The van der Waals surface area contributed by atoms with Crippen LogP contribution in [0.1, 0.15) is 6.42 Å². The Morgan fingerprint density at radius 2 is 1.95 bits per heavy atom. The van der Waals surface area contributed by atoms with E-state index >= 15 is 0 Å². The molecule has 6 heteroatoms. The summed E-state index contributed by atoms with van der Waals surface area (Å²) >= 11 is 5.99. The quantitative estimate of drug-likeness (QED) is 0.837. The van der Waals surface area contributed by atoms with Crippen LogP contribution in [-0.4, -0.2) is 54.8 Å². The standard InChI is InChI=1S/C14H18ClN3O2/c15-12-3-1-2-4-13(12)16-14(20)5-6-17-7-9-18(11-19)10-8-17/h1-4,11H,5-10H2,(H,16,20). The normalized spacial score (nSPS) is 15.9. The maximum atomic E-state index is 11.9. The van der Waals surface area contributed by atoms with Gasteiger partial charge in [-0.3, -0.25) is 14.5 Å². The van der Waals surface area contributed by atoms with E-state index in [4.69, 9.17) is 11.6 Å². The summed E-state index contributed by atoms with van der Waals surface area (Å²) in [6.45, 7) is 3.80. The van der Waals surface area contributed by atoms with Gasteiger partial charge in [-0.1, -0.05) is 23.7 Å². The minimum atomic E-state index is -0.0454. The number of rotatable bonds is 5. The first-order valence-electron chi connectivity index (χ1n) is 6.65. The lowest BCUT2D eigenvalue weighted by Gasteiger charge is -2.32. The number of nitrogens with one attached hydrogen (secondary N) is 1. The third kappa shape index (κ3) is 4.21. The highest BCUT2D eigenvalue weighted by Gasteiger charge is 2.16. The number of carbonyl (C=O) groups is 2. The molecule has 0 spiro atoms. The Morgan fingerprint density at radius 3 is 2.60 bits per heavy atom. The van der Waals surface area contributed by atoms with E-state index < -0.39 is 0 Å². The van der Waals surface area contributed by atoms with Crippen molar-refractivity contribution in [3.63, 3.8) is 0 Å². The highest BCUT2D eigenvalue weighted by Crippen LogP contribution is 2.20. The maximum absolute atomic E-state index is 11.9. The molecule has 0 aromatic heterocycles. The molecule has 20 heavy (non-hydrogen) atoms. The first-order valence-corrected chi connectivity index (χ1v) is 7.03. The van der Waals surface area contributed by atoms with Crippen LogP contribution in [0.3, 0.4) is 0 Å². The van der Waals surface area contributed by atoms with Crippen molar-refractivity contribution in [1.82, 2.24) is 9.80 Å². The lowest BCUT2D eigenvalue weighted by molar-refractivity contribution is -0.120. The van der Waals surface area contributed by atoms with E-state index in [0.717, 1.165) is 32.6 Å². The van der Waals surface area contributed by atoms with Gasteiger partial charge in [0.25, 0.3) is 0 Å². The minimum absolute atomic E-state index is 0.0454. The molecule has 0 aliphatic carbocycles. The molecule has 0 unspecified atom stereocenters. The SMILES string of the molecule is O=CN1CCN(CCC(=O)Nc2ccccc2Cl)CC1. The molecular weight excluding hydrogens is 278 g/mol. The van der Waals surface area contributed by atoms with Gasteiger partial charge >= 0.3 is 0 Å². The second kappa shape index (κ2) is 7.26. The third-order valence-corrected chi connectivity index (χ3v) is 3.69. The Labute approximate surface area is 123 Å². The fourth-order valence-electron chi connectivity index (χ4n) is 2.13. The van der Waals surface area contributed by atoms with Crippen molar-refractivity contribution in [2.45, 2.75) is 6.42 Å². The summed E-state index contributed by atoms with van der Waals surface area (Å²) in [7, 11) is 0. The molecule has 1 fully saturated rings. The molecule has 108 valence electrons. The van der Waals surface area contributed by atoms with Gasteiger partial charge in [-0.15, -0.1) is 0 Å². The number of amides is 2. The molecule has 1 heterocycles. The van der Waals surface area contributed by atoms with Crippen LogP contribution in [0.25, 0.3) is 0 Å². The molecule has 0 bridgehead atoms. The Balaban J connectivity index is 1.73. The van der Waals surface area contributed by atoms with Crippen LogP contribution < -0.4 is 5.32 Å². The zero-order valence-electron chi connectivity index (χ0n) is 11.2. The Morgan fingerprint density at radius 1 is 1.25 bits per heavy atom. The summed E-state index contributed by atoms with van der Waals surface area (Å²) in [6, 6.07) is 7.18. The summed E-state index contributed by atoms with van der Waals surface area (Å²) < 4.78 is 0. The number of para-hydroxylation sites is 1. The zero-order chi connectivity index (χ0) is 14.4. The van der Waals surface area contributed by atoms with Crippen LogP contribution in [-0.2, 0) is 9.59 Å². The maximum Gasteiger partial charge on any atom is 0.225 e. The molecule has 1 N–H and O–H groups in total. The van der Waals surface area contributed by atoms with Gasteiger partial charge in [0.15, 0.2) is 0 Å². The van der Waals surface area contributed by atoms with E-state index in [1.807, 2.05) is 12.1 Å². The van der Waals surface area contributed by atoms with Crippen LogP contribution in [0.2, 0.25) is 5.02 Å². The Bertz CT molecular complexity index is 473. The highest BCUT2D eigenvalue weighted by molar-refractivity contribution is 6.33. The highest BCUT2D eigenvalue weighted by atomic mass is 35.5. The van der Waals surface area contributed by atoms with Gasteiger partial charge < -0.3 is 10.2 Å². The van der Waals surface area contributed by atoms with E-state index in [-0.39, 0.29) is 5.91 Å². The molecule has 2 amide bonds. The summed E-state index contributed by atoms with van der Waals surface area (Å²) in [5.41, 5.74) is 0.643. The van der Waals surface area contributed by atoms with Crippen LogP contribution in [0.5, 0.6) is 0 Å². The summed E-state index contributed by atoms with van der Waals surface area (Å²) in [4.78, 5) is 26.4. The molecule has 2 rings (SSSR count). The number of piperazine rings is 1. The molecule has 0 radical (unpaired) electrons. The Kier molecular flexibility index (Phi) is 5.38. The van der Waals surface area contributed by atoms with E-state index in [1.165, 1.54) is 0 Å². The predicted octanol–water partition coefficient (Wildman–Crippen LogP) is 1.44. The van der Waals surface area contributed by atoms with E-state index in [0.29, 0.717) is 23.7 Å². The number of nitrogens with zero attached hydrogens (tertiary/aromatic N) is 2. The van der Waals surface area contributed by atoms with E-state index in [1.54, 1.807) is 17.0 Å². The predicted molar refractivity (Wildman–Crippen MR) is 78.8 cm³/mol. The van der Waals surface area contributed by atoms with E-state index in [2.05, 4.69) is 10.2 Å². The number of anilines is 1. The molecule has 1 aromatic carbocycles. The van der Waals surface area contributed by atoms with Gasteiger partial charge in [0.05, 0.1) is 10.7 Å². The number of hydrogen-bond donors (Lipinski definition) is 1. The van der Waals surface area contributed by atoms with Crippen LogP contribution >= 0.6 is 11.6 Å². The van der Waals surface area contributed by atoms with Crippen LogP contribution in [0, 0.1) is 0 Å². The molecule has 0 atom stereocenters. The van der Waals surface area contributed by atoms with Crippen molar-refractivity contribution in [2.75, 3.05) is 38.0 Å². The minimum Gasteiger partial charge on any atom is -0.343 e. The third-order valence-electron chi connectivity index (χ3n) is 3.36. The van der Waals surface area contributed by atoms with Crippen molar-refractivity contribution < 1.29 is 9.59 Å². The molecule has 1 saturated heterocycles. The number of benzene rings is 1. The smallest absolute Gasteiger partial charge is 0.225 e. The molecule has 1 aliphatic rings. The average Bonchev–Trinajstić information content (AvgIpc) is 2.48.